The summed E-state index contributed by atoms with van der Waals surface area (Å²) in [6.07, 6.45) is 6.13. The molecule has 0 unspecified atom stereocenters. The highest BCUT2D eigenvalue weighted by molar-refractivity contribution is 5.95. The Morgan fingerprint density at radius 3 is 2.53 bits per heavy atom. The summed E-state index contributed by atoms with van der Waals surface area (Å²) in [7, 11) is 0. The number of unbranched alkanes of at least 4 members (excludes halogenated alkanes) is 3. The minimum Gasteiger partial charge on any atom is -0.231 e. The largest absolute Gasteiger partial charge is 0.231 e. The zero-order valence-corrected chi connectivity index (χ0v) is 9.24. The Labute approximate surface area is 91.4 Å². The van der Waals surface area contributed by atoms with Gasteiger partial charge in [-0.1, -0.05) is 38.3 Å². The van der Waals surface area contributed by atoms with Crippen LogP contribution in [-0.4, -0.2) is 5.84 Å². The lowest BCUT2D eigenvalue weighted by Crippen LogP contribution is -2.05. The number of fused-ring (bicyclic) bond motifs is 1. The molecule has 79 valence electrons. The molecule has 0 fully saturated rings. The van der Waals surface area contributed by atoms with Crippen molar-refractivity contribution in [3.63, 3.8) is 0 Å². The van der Waals surface area contributed by atoms with E-state index >= 15 is 0 Å². The molecule has 1 radical (unpaired) electrons. The average molecular weight is 201 g/mol. The Morgan fingerprint density at radius 2 is 1.80 bits per heavy atom. The molecule has 0 saturated heterocycles. The predicted molar refractivity (Wildman–Crippen MR) is 64.1 cm³/mol. The van der Waals surface area contributed by atoms with Gasteiger partial charge in [0.15, 0.2) is 0 Å². The van der Waals surface area contributed by atoms with Crippen LogP contribution in [0.1, 0.15) is 39.0 Å². The molecule has 1 heterocycles. The highest BCUT2D eigenvalue weighted by atomic mass is 15.1. The van der Waals surface area contributed by atoms with E-state index < -0.39 is 0 Å². The molecule has 1 aromatic carbocycles. The van der Waals surface area contributed by atoms with Gasteiger partial charge in [-0.05, 0) is 18.6 Å². The SMILES string of the molecule is CCCCCCC1=Nc2ccccc2[N]1. The Morgan fingerprint density at radius 1 is 1.00 bits per heavy atom. The Hall–Kier alpha value is -1.31. The Kier molecular flexibility index (Phi) is 3.38. The second-order valence-electron chi connectivity index (χ2n) is 3.94. The van der Waals surface area contributed by atoms with Crippen molar-refractivity contribution in [3.05, 3.63) is 24.3 Å². The van der Waals surface area contributed by atoms with Gasteiger partial charge in [0.1, 0.15) is 5.84 Å². The predicted octanol–water partition coefficient (Wildman–Crippen LogP) is 3.94. The van der Waals surface area contributed by atoms with Crippen molar-refractivity contribution in [1.82, 2.24) is 5.32 Å². The van der Waals surface area contributed by atoms with E-state index in [0.717, 1.165) is 23.6 Å². The summed E-state index contributed by atoms with van der Waals surface area (Å²) >= 11 is 0. The van der Waals surface area contributed by atoms with E-state index in [0.29, 0.717) is 0 Å². The van der Waals surface area contributed by atoms with Crippen LogP contribution in [-0.2, 0) is 0 Å². The van der Waals surface area contributed by atoms with Crippen LogP contribution in [0, 0.1) is 0 Å². The van der Waals surface area contributed by atoms with Crippen LogP contribution in [0.2, 0.25) is 0 Å². The Bertz CT molecular complexity index is 355. The van der Waals surface area contributed by atoms with Gasteiger partial charge in [-0.2, -0.15) is 0 Å². The normalized spacial score (nSPS) is 13.3. The van der Waals surface area contributed by atoms with E-state index in [4.69, 9.17) is 0 Å². The van der Waals surface area contributed by atoms with Gasteiger partial charge in [0.2, 0.25) is 0 Å². The summed E-state index contributed by atoms with van der Waals surface area (Å²) < 4.78 is 0. The topological polar surface area (TPSA) is 26.5 Å². The van der Waals surface area contributed by atoms with Gasteiger partial charge in [0.25, 0.3) is 0 Å². The number of hydrogen-bond acceptors (Lipinski definition) is 1. The average Bonchev–Trinajstić information content (AvgIpc) is 2.67. The molecule has 2 heteroatoms. The molecule has 1 aromatic rings. The summed E-state index contributed by atoms with van der Waals surface area (Å²) in [4.78, 5) is 4.50. The molecule has 1 aliphatic heterocycles. The van der Waals surface area contributed by atoms with Crippen molar-refractivity contribution in [1.29, 1.82) is 0 Å². The monoisotopic (exact) mass is 201 g/mol. The minimum atomic E-state index is 1.01. The first-order valence-corrected chi connectivity index (χ1v) is 5.78. The van der Waals surface area contributed by atoms with Crippen molar-refractivity contribution >= 4 is 17.2 Å². The van der Waals surface area contributed by atoms with Gasteiger partial charge >= 0.3 is 0 Å². The van der Waals surface area contributed by atoms with Crippen LogP contribution < -0.4 is 5.32 Å². The van der Waals surface area contributed by atoms with Crippen molar-refractivity contribution in [3.8, 4) is 0 Å². The molecule has 0 N–H and O–H groups in total. The molecule has 0 amide bonds. The summed E-state index contributed by atoms with van der Waals surface area (Å²) in [6, 6.07) is 8.07. The number of nitrogens with zero attached hydrogens (tertiary/aromatic N) is 2. The van der Waals surface area contributed by atoms with Crippen LogP contribution in [0.4, 0.5) is 11.4 Å². The summed E-state index contributed by atoms with van der Waals surface area (Å²) in [5, 5.41) is 4.50. The number of para-hydroxylation sites is 2. The van der Waals surface area contributed by atoms with Crippen LogP contribution in [0.3, 0.4) is 0 Å². The van der Waals surface area contributed by atoms with Gasteiger partial charge in [-0.25, -0.2) is 10.3 Å². The lowest BCUT2D eigenvalue weighted by Gasteiger charge is -1.99. The van der Waals surface area contributed by atoms with E-state index in [-0.39, 0.29) is 0 Å². The maximum Gasteiger partial charge on any atom is 0.129 e. The number of rotatable bonds is 5. The molecule has 0 aliphatic carbocycles. The van der Waals surface area contributed by atoms with Crippen LogP contribution in [0.5, 0.6) is 0 Å². The van der Waals surface area contributed by atoms with Gasteiger partial charge in [-0.15, -0.1) is 0 Å². The molecule has 0 spiro atoms. The van der Waals surface area contributed by atoms with Crippen molar-refractivity contribution in [2.45, 2.75) is 39.0 Å². The van der Waals surface area contributed by atoms with Gasteiger partial charge in [0, 0.05) is 6.42 Å². The molecular weight excluding hydrogens is 184 g/mol. The van der Waals surface area contributed by atoms with Crippen LogP contribution in [0.25, 0.3) is 0 Å². The second kappa shape index (κ2) is 4.96. The molecule has 0 bridgehead atoms. The van der Waals surface area contributed by atoms with Crippen molar-refractivity contribution in [2.75, 3.05) is 0 Å². The van der Waals surface area contributed by atoms with E-state index in [1.807, 2.05) is 24.3 Å². The van der Waals surface area contributed by atoms with Gasteiger partial charge in [0.05, 0.1) is 11.4 Å². The van der Waals surface area contributed by atoms with E-state index in [2.05, 4.69) is 17.2 Å². The first-order chi connectivity index (χ1) is 7.40. The smallest absolute Gasteiger partial charge is 0.129 e. The molecule has 0 saturated carbocycles. The second-order valence-corrected chi connectivity index (χ2v) is 3.94. The number of aliphatic imine (C=N–C) groups is 1. The molecule has 0 aromatic heterocycles. The first kappa shape index (κ1) is 10.2. The third kappa shape index (κ3) is 2.58. The van der Waals surface area contributed by atoms with E-state index in [9.17, 15) is 0 Å². The van der Waals surface area contributed by atoms with Crippen LogP contribution in [0.15, 0.2) is 29.3 Å². The standard InChI is InChI=1S/C13H17N2/c1-2-3-4-5-10-13-14-11-8-6-7-9-12(11)15-13/h6-9H,2-5,10H2,1H3. The molecular formula is C13H17N2. The summed E-state index contributed by atoms with van der Waals surface area (Å²) in [5.41, 5.74) is 2.06. The van der Waals surface area contributed by atoms with Crippen molar-refractivity contribution in [2.24, 2.45) is 4.99 Å². The third-order valence-corrected chi connectivity index (χ3v) is 2.63. The maximum atomic E-state index is 4.50. The number of amidine groups is 1. The van der Waals surface area contributed by atoms with Gasteiger partial charge < -0.3 is 0 Å². The zero-order chi connectivity index (χ0) is 10.5. The lowest BCUT2D eigenvalue weighted by molar-refractivity contribution is 0.680. The van der Waals surface area contributed by atoms with Crippen LogP contribution >= 0.6 is 0 Å². The fourth-order valence-electron chi connectivity index (χ4n) is 1.78. The fourth-order valence-corrected chi connectivity index (χ4v) is 1.78. The van der Waals surface area contributed by atoms with Gasteiger partial charge in [-0.3, -0.25) is 0 Å². The van der Waals surface area contributed by atoms with E-state index in [1.165, 1.54) is 25.7 Å². The molecule has 15 heavy (non-hydrogen) atoms. The van der Waals surface area contributed by atoms with E-state index in [1.54, 1.807) is 0 Å². The lowest BCUT2D eigenvalue weighted by atomic mass is 10.1. The number of benzene rings is 1. The Balaban J connectivity index is 1.83. The fraction of sp³-hybridized carbons (Fsp3) is 0.462. The molecule has 1 aliphatic rings. The summed E-state index contributed by atoms with van der Waals surface area (Å²) in [5.74, 6) is 1.01. The quantitative estimate of drug-likeness (QED) is 0.645. The molecule has 2 rings (SSSR count). The molecule has 2 nitrogen and oxygen atoms in total. The minimum absolute atomic E-state index is 1.01. The third-order valence-electron chi connectivity index (χ3n) is 2.63. The zero-order valence-electron chi connectivity index (χ0n) is 9.24. The summed E-state index contributed by atoms with van der Waals surface area (Å²) in [6.45, 7) is 2.23. The highest BCUT2D eigenvalue weighted by Gasteiger charge is 2.13. The number of hydrogen-bond donors (Lipinski definition) is 0. The van der Waals surface area contributed by atoms with Crippen molar-refractivity contribution < 1.29 is 0 Å². The highest BCUT2D eigenvalue weighted by Crippen LogP contribution is 2.30. The maximum absolute atomic E-state index is 4.50. The molecule has 0 atom stereocenters. The first-order valence-electron chi connectivity index (χ1n) is 5.78.